The smallest absolute Gasteiger partial charge is 0.409 e. The Kier molecular flexibility index (Phi) is 8.61. The first kappa shape index (κ1) is 21.9. The first-order valence-corrected chi connectivity index (χ1v) is 11.7. The van der Waals surface area contributed by atoms with Gasteiger partial charge in [0.15, 0.2) is 5.96 Å². The number of ether oxygens (including phenoxy) is 1. The van der Waals surface area contributed by atoms with Crippen molar-refractivity contribution < 1.29 is 9.53 Å². The van der Waals surface area contributed by atoms with Crippen LogP contribution in [0.3, 0.4) is 0 Å². The number of carbonyl (C=O) groups is 1. The topological polar surface area (TPSA) is 69.2 Å². The van der Waals surface area contributed by atoms with E-state index in [0.717, 1.165) is 45.0 Å². The van der Waals surface area contributed by atoms with Gasteiger partial charge in [-0.3, -0.25) is 9.89 Å². The molecule has 162 valence electrons. The number of carbonyl (C=O) groups excluding carboxylic acids is 1. The molecule has 2 saturated heterocycles. The number of guanidine groups is 1. The van der Waals surface area contributed by atoms with Crippen molar-refractivity contribution in [3.05, 3.63) is 22.4 Å². The maximum atomic E-state index is 11.8. The van der Waals surface area contributed by atoms with E-state index in [2.05, 4.69) is 38.0 Å². The van der Waals surface area contributed by atoms with Gasteiger partial charge in [-0.2, -0.15) is 0 Å². The highest BCUT2D eigenvalue weighted by molar-refractivity contribution is 7.09. The summed E-state index contributed by atoms with van der Waals surface area (Å²) in [6.45, 7) is 8.13. The second kappa shape index (κ2) is 11.4. The first-order chi connectivity index (χ1) is 14.2. The van der Waals surface area contributed by atoms with Crippen molar-refractivity contribution >= 4 is 23.4 Å². The molecule has 2 aliphatic heterocycles. The summed E-state index contributed by atoms with van der Waals surface area (Å²) >= 11 is 1.85. The number of nitrogens with zero attached hydrogens (tertiary/aromatic N) is 3. The van der Waals surface area contributed by atoms with Gasteiger partial charge in [-0.1, -0.05) is 6.07 Å². The van der Waals surface area contributed by atoms with Gasteiger partial charge in [0.25, 0.3) is 0 Å². The van der Waals surface area contributed by atoms with Crippen LogP contribution in [0.15, 0.2) is 22.5 Å². The molecule has 1 amide bonds. The molecule has 0 aliphatic carbocycles. The molecule has 1 aromatic heterocycles. The van der Waals surface area contributed by atoms with Crippen LogP contribution in [0, 0.1) is 5.92 Å². The minimum absolute atomic E-state index is 0.195. The van der Waals surface area contributed by atoms with Gasteiger partial charge in [-0.25, -0.2) is 4.79 Å². The van der Waals surface area contributed by atoms with Crippen LogP contribution in [0.2, 0.25) is 0 Å². The van der Waals surface area contributed by atoms with Crippen molar-refractivity contribution in [2.75, 3.05) is 46.4 Å². The van der Waals surface area contributed by atoms with Gasteiger partial charge in [0.2, 0.25) is 0 Å². The van der Waals surface area contributed by atoms with Gasteiger partial charge in [-0.15, -0.1) is 11.3 Å². The van der Waals surface area contributed by atoms with Gasteiger partial charge in [0, 0.05) is 44.1 Å². The lowest BCUT2D eigenvalue weighted by molar-refractivity contribution is 0.0963. The fourth-order valence-electron chi connectivity index (χ4n) is 4.02. The van der Waals surface area contributed by atoms with Crippen LogP contribution < -0.4 is 10.6 Å². The molecule has 3 rings (SSSR count). The van der Waals surface area contributed by atoms with Gasteiger partial charge in [-0.05, 0) is 63.1 Å². The van der Waals surface area contributed by atoms with Crippen molar-refractivity contribution in [2.24, 2.45) is 10.9 Å². The van der Waals surface area contributed by atoms with Crippen molar-refractivity contribution in [1.29, 1.82) is 0 Å². The highest BCUT2D eigenvalue weighted by Crippen LogP contribution is 2.20. The van der Waals surface area contributed by atoms with Crippen molar-refractivity contribution in [2.45, 2.75) is 45.2 Å². The Bertz CT molecular complexity index is 636. The molecular formula is C21H35N5O2S. The average molecular weight is 422 g/mol. The Hall–Kier alpha value is -1.80. The molecular weight excluding hydrogens is 386 g/mol. The molecule has 7 nitrogen and oxygen atoms in total. The third kappa shape index (κ3) is 6.89. The third-order valence-electron chi connectivity index (χ3n) is 5.81. The summed E-state index contributed by atoms with van der Waals surface area (Å²) in [6, 6.07) is 4.71. The van der Waals surface area contributed by atoms with E-state index in [-0.39, 0.29) is 6.09 Å². The molecule has 1 aromatic rings. The molecule has 0 aromatic carbocycles. The number of aliphatic imine (C=N–C) groups is 1. The molecule has 0 saturated carbocycles. The zero-order chi connectivity index (χ0) is 20.5. The summed E-state index contributed by atoms with van der Waals surface area (Å²) in [4.78, 5) is 22.0. The van der Waals surface area contributed by atoms with E-state index < -0.39 is 0 Å². The monoisotopic (exact) mass is 421 g/mol. The molecule has 0 unspecified atom stereocenters. The Morgan fingerprint density at radius 3 is 2.62 bits per heavy atom. The van der Waals surface area contributed by atoms with E-state index in [1.165, 1.54) is 30.8 Å². The number of thiophene rings is 1. The Labute approximate surface area is 178 Å². The lowest BCUT2D eigenvalue weighted by Crippen LogP contribution is -2.50. The minimum atomic E-state index is -0.195. The van der Waals surface area contributed by atoms with Crippen LogP contribution in [0.25, 0.3) is 0 Å². The van der Waals surface area contributed by atoms with Crippen LogP contribution in [0.1, 0.15) is 37.5 Å². The van der Waals surface area contributed by atoms with Gasteiger partial charge in [0.1, 0.15) is 0 Å². The molecule has 3 heterocycles. The summed E-state index contributed by atoms with van der Waals surface area (Å²) in [6.07, 6.45) is 4.10. The highest BCUT2D eigenvalue weighted by atomic mass is 32.1. The maximum Gasteiger partial charge on any atom is 0.409 e. The third-order valence-corrected chi connectivity index (χ3v) is 6.67. The summed E-state index contributed by atoms with van der Waals surface area (Å²) in [5.74, 6) is 1.57. The van der Waals surface area contributed by atoms with Gasteiger partial charge < -0.3 is 20.3 Å². The molecule has 2 fully saturated rings. The fraction of sp³-hybridized carbons (Fsp3) is 0.714. The van der Waals surface area contributed by atoms with E-state index in [9.17, 15) is 4.79 Å². The number of hydrogen-bond acceptors (Lipinski definition) is 5. The largest absolute Gasteiger partial charge is 0.450 e. The molecule has 8 heteroatoms. The Morgan fingerprint density at radius 2 is 2.00 bits per heavy atom. The van der Waals surface area contributed by atoms with Gasteiger partial charge in [0.05, 0.1) is 6.61 Å². The van der Waals surface area contributed by atoms with Crippen molar-refractivity contribution in [3.63, 3.8) is 0 Å². The number of amides is 1. The predicted molar refractivity (Wildman–Crippen MR) is 118 cm³/mol. The summed E-state index contributed by atoms with van der Waals surface area (Å²) < 4.78 is 5.09. The molecule has 2 aliphatic rings. The predicted octanol–water partition coefficient (Wildman–Crippen LogP) is 2.75. The van der Waals surface area contributed by atoms with Crippen molar-refractivity contribution in [3.8, 4) is 0 Å². The van der Waals surface area contributed by atoms with Crippen LogP contribution in [-0.4, -0.2) is 74.3 Å². The number of hydrogen-bond donors (Lipinski definition) is 2. The number of rotatable bonds is 6. The first-order valence-electron chi connectivity index (χ1n) is 10.8. The van der Waals surface area contributed by atoms with E-state index in [1.807, 2.05) is 25.3 Å². The summed E-state index contributed by atoms with van der Waals surface area (Å²) in [7, 11) is 1.83. The van der Waals surface area contributed by atoms with E-state index in [0.29, 0.717) is 18.6 Å². The Morgan fingerprint density at radius 1 is 1.24 bits per heavy atom. The molecule has 0 atom stereocenters. The SMILES string of the molecule is CCOC(=O)N1CCC(NC(=NC)NCC2CCN(Cc3cccs3)CC2)CC1. The second-order valence-corrected chi connectivity index (χ2v) is 8.89. The molecule has 0 radical (unpaired) electrons. The molecule has 29 heavy (non-hydrogen) atoms. The molecule has 2 N–H and O–H groups in total. The van der Waals surface area contributed by atoms with Crippen LogP contribution >= 0.6 is 11.3 Å². The minimum Gasteiger partial charge on any atom is -0.450 e. The van der Waals surface area contributed by atoms with Gasteiger partial charge >= 0.3 is 6.09 Å². The quantitative estimate of drug-likeness (QED) is 0.546. The average Bonchev–Trinajstić information content (AvgIpc) is 3.26. The van der Waals surface area contributed by atoms with E-state index in [1.54, 1.807) is 4.90 Å². The maximum absolute atomic E-state index is 11.8. The standard InChI is InChI=1S/C21H35N5O2S/c1-3-28-21(27)26-12-8-18(9-13-26)24-20(22-2)23-15-17-6-10-25(11-7-17)16-19-5-4-14-29-19/h4-5,14,17-18H,3,6-13,15-16H2,1-2H3,(H2,22,23,24). The van der Waals surface area contributed by atoms with Crippen LogP contribution in [0.4, 0.5) is 4.79 Å². The zero-order valence-electron chi connectivity index (χ0n) is 17.7. The van der Waals surface area contributed by atoms with E-state index >= 15 is 0 Å². The molecule has 0 spiro atoms. The number of likely N-dealkylation sites (tertiary alicyclic amines) is 2. The van der Waals surface area contributed by atoms with Crippen molar-refractivity contribution in [1.82, 2.24) is 20.4 Å². The normalized spacial score (nSPS) is 19.9. The molecule has 0 bridgehead atoms. The lowest BCUT2D eigenvalue weighted by atomic mass is 9.97. The second-order valence-electron chi connectivity index (χ2n) is 7.86. The Balaban J connectivity index is 1.32. The lowest BCUT2D eigenvalue weighted by Gasteiger charge is -2.33. The summed E-state index contributed by atoms with van der Waals surface area (Å²) in [5.41, 5.74) is 0. The van der Waals surface area contributed by atoms with Crippen LogP contribution in [0.5, 0.6) is 0 Å². The summed E-state index contributed by atoms with van der Waals surface area (Å²) in [5, 5.41) is 9.20. The number of nitrogens with one attached hydrogen (secondary N) is 2. The highest BCUT2D eigenvalue weighted by Gasteiger charge is 2.24. The van der Waals surface area contributed by atoms with Crippen LogP contribution in [-0.2, 0) is 11.3 Å². The van der Waals surface area contributed by atoms with E-state index in [4.69, 9.17) is 4.74 Å². The number of piperidine rings is 2. The fourth-order valence-corrected chi connectivity index (χ4v) is 4.77. The zero-order valence-corrected chi connectivity index (χ0v) is 18.5.